The van der Waals surface area contributed by atoms with Gasteiger partial charge in [0.05, 0.1) is 12.0 Å². The van der Waals surface area contributed by atoms with E-state index in [9.17, 15) is 4.79 Å². The van der Waals surface area contributed by atoms with Crippen LogP contribution in [0.2, 0.25) is 0 Å². The molecule has 0 aliphatic rings. The summed E-state index contributed by atoms with van der Waals surface area (Å²) in [6.45, 7) is 3.53. The zero-order valence-electron chi connectivity index (χ0n) is 11.1. The van der Waals surface area contributed by atoms with Crippen LogP contribution in [0.15, 0.2) is 27.2 Å². The minimum Gasteiger partial charge on any atom is -0.480 e. The predicted octanol–water partition coefficient (Wildman–Crippen LogP) is 1.75. The maximum absolute atomic E-state index is 10.9. The summed E-state index contributed by atoms with van der Waals surface area (Å²) in [6, 6.07) is 2.47. The van der Waals surface area contributed by atoms with Crippen LogP contribution in [0.1, 0.15) is 19.7 Å². The van der Waals surface area contributed by atoms with Crippen LogP contribution in [0.5, 0.6) is 0 Å². The van der Waals surface area contributed by atoms with Gasteiger partial charge in [-0.05, 0) is 26.0 Å². The lowest BCUT2D eigenvalue weighted by molar-refractivity contribution is -0.139. The van der Waals surface area contributed by atoms with Crippen LogP contribution in [-0.2, 0) is 10.5 Å². The third-order valence-corrected chi connectivity index (χ3v) is 4.17. The molecule has 0 fully saturated rings. The van der Waals surface area contributed by atoms with E-state index < -0.39 is 16.8 Å². The largest absolute Gasteiger partial charge is 0.480 e. The van der Waals surface area contributed by atoms with Crippen LogP contribution >= 0.6 is 11.8 Å². The van der Waals surface area contributed by atoms with Gasteiger partial charge in [0.2, 0.25) is 5.89 Å². The van der Waals surface area contributed by atoms with E-state index in [1.54, 1.807) is 26.0 Å². The van der Waals surface area contributed by atoms with E-state index in [1.807, 2.05) is 0 Å². The van der Waals surface area contributed by atoms with Crippen LogP contribution in [0.3, 0.4) is 0 Å². The molecule has 8 heteroatoms. The van der Waals surface area contributed by atoms with Crippen LogP contribution in [0.25, 0.3) is 11.7 Å². The number of carbonyl (C=O) groups is 1. The Kier molecular flexibility index (Phi) is 4.15. The highest BCUT2D eigenvalue weighted by Crippen LogP contribution is 2.31. The van der Waals surface area contributed by atoms with Crippen LogP contribution in [-0.4, -0.2) is 32.1 Å². The summed E-state index contributed by atoms with van der Waals surface area (Å²) in [5, 5.41) is 16.7. The number of aliphatic carboxylic acids is 1. The molecule has 0 radical (unpaired) electrons. The molecule has 0 saturated heterocycles. The maximum atomic E-state index is 10.9. The molecule has 2 aromatic rings. The molecule has 0 aromatic carbocycles. The van der Waals surface area contributed by atoms with Gasteiger partial charge < -0.3 is 19.7 Å². The minimum atomic E-state index is -1.04. The fraction of sp³-hybridized carbons (Fsp3) is 0.417. The van der Waals surface area contributed by atoms with E-state index in [0.717, 1.165) is 0 Å². The van der Waals surface area contributed by atoms with E-state index in [0.29, 0.717) is 23.3 Å². The number of rotatable bonds is 6. The van der Waals surface area contributed by atoms with Crippen LogP contribution in [0.4, 0.5) is 0 Å². The number of nitrogens with two attached hydrogens (primary N) is 1. The molecule has 0 saturated carbocycles. The average Bonchev–Trinajstić information content (AvgIpc) is 3.05. The lowest BCUT2D eigenvalue weighted by atomic mass is 10.1. The number of furan rings is 1. The van der Waals surface area contributed by atoms with Crippen molar-refractivity contribution in [2.45, 2.75) is 30.4 Å². The van der Waals surface area contributed by atoms with Crippen molar-refractivity contribution in [1.29, 1.82) is 0 Å². The topological polar surface area (TPSA) is 115 Å². The van der Waals surface area contributed by atoms with Gasteiger partial charge in [0.1, 0.15) is 6.04 Å². The molecule has 0 amide bonds. The minimum absolute atomic E-state index is 0.297. The van der Waals surface area contributed by atoms with Gasteiger partial charge in [-0.25, -0.2) is 0 Å². The molecule has 108 valence electrons. The summed E-state index contributed by atoms with van der Waals surface area (Å²) in [6.07, 6.45) is 1.52. The van der Waals surface area contributed by atoms with Gasteiger partial charge in [-0.3, -0.25) is 4.79 Å². The second-order valence-corrected chi connectivity index (χ2v) is 6.32. The second-order valence-electron chi connectivity index (χ2n) is 4.69. The number of hydrogen-bond donors (Lipinski definition) is 2. The number of thioether (sulfide) groups is 1. The van der Waals surface area contributed by atoms with E-state index in [-0.39, 0.29) is 0 Å². The second kappa shape index (κ2) is 5.68. The summed E-state index contributed by atoms with van der Waals surface area (Å²) in [4.78, 5) is 10.9. The molecule has 2 aromatic heterocycles. The van der Waals surface area contributed by atoms with Gasteiger partial charge >= 0.3 is 5.97 Å². The van der Waals surface area contributed by atoms with E-state index in [1.165, 1.54) is 18.0 Å². The fourth-order valence-electron chi connectivity index (χ4n) is 1.45. The summed E-state index contributed by atoms with van der Waals surface area (Å²) in [5.41, 5.74) is 5.64. The van der Waals surface area contributed by atoms with Crippen molar-refractivity contribution in [2.24, 2.45) is 5.73 Å². The summed E-state index contributed by atoms with van der Waals surface area (Å²) in [7, 11) is 0. The highest BCUT2D eigenvalue weighted by atomic mass is 32.2. The SMILES string of the molecule is CC(C)(SCc1nnc(-c2ccco2)o1)[C@H](N)C(=O)O. The molecule has 2 rings (SSSR count). The number of carboxylic acids is 1. The molecule has 20 heavy (non-hydrogen) atoms. The molecule has 0 unspecified atom stereocenters. The molecule has 2 heterocycles. The molecule has 0 aliphatic carbocycles. The Morgan fingerprint density at radius 2 is 2.30 bits per heavy atom. The van der Waals surface area contributed by atoms with E-state index >= 15 is 0 Å². The Balaban J connectivity index is 2.00. The van der Waals surface area contributed by atoms with Crippen LogP contribution in [0, 0.1) is 0 Å². The first kappa shape index (κ1) is 14.6. The van der Waals surface area contributed by atoms with Crippen molar-refractivity contribution in [3.63, 3.8) is 0 Å². The number of aromatic nitrogens is 2. The fourth-order valence-corrected chi connectivity index (χ4v) is 2.34. The van der Waals surface area contributed by atoms with Crippen molar-refractivity contribution in [3.8, 4) is 11.7 Å². The van der Waals surface area contributed by atoms with Gasteiger partial charge in [0.15, 0.2) is 5.76 Å². The maximum Gasteiger partial charge on any atom is 0.321 e. The van der Waals surface area contributed by atoms with E-state index in [2.05, 4.69) is 10.2 Å². The Bertz CT molecular complexity index is 579. The van der Waals surface area contributed by atoms with E-state index in [4.69, 9.17) is 19.7 Å². The number of hydrogen-bond acceptors (Lipinski definition) is 7. The third-order valence-electron chi connectivity index (χ3n) is 2.78. The Labute approximate surface area is 119 Å². The third kappa shape index (κ3) is 3.20. The zero-order chi connectivity index (χ0) is 14.8. The Hall–Kier alpha value is -1.80. The van der Waals surface area contributed by atoms with Crippen molar-refractivity contribution in [2.75, 3.05) is 0 Å². The lowest BCUT2D eigenvalue weighted by Crippen LogP contribution is -2.46. The Morgan fingerprint density at radius 1 is 1.55 bits per heavy atom. The van der Waals surface area contributed by atoms with Crippen molar-refractivity contribution in [3.05, 3.63) is 24.3 Å². The molecule has 1 atom stereocenters. The zero-order valence-corrected chi connectivity index (χ0v) is 11.9. The van der Waals surface area contributed by atoms with Crippen molar-refractivity contribution >= 4 is 17.7 Å². The molecule has 7 nitrogen and oxygen atoms in total. The first-order valence-electron chi connectivity index (χ1n) is 5.89. The predicted molar refractivity (Wildman–Crippen MR) is 73.0 cm³/mol. The quantitative estimate of drug-likeness (QED) is 0.828. The van der Waals surface area contributed by atoms with Crippen molar-refractivity contribution in [1.82, 2.24) is 10.2 Å². The van der Waals surface area contributed by atoms with Crippen molar-refractivity contribution < 1.29 is 18.7 Å². The molecular weight excluding hydrogens is 282 g/mol. The highest BCUT2D eigenvalue weighted by Gasteiger charge is 2.33. The Morgan fingerprint density at radius 3 is 2.90 bits per heavy atom. The summed E-state index contributed by atoms with van der Waals surface area (Å²) >= 11 is 1.35. The molecular formula is C12H15N3O4S. The molecule has 0 spiro atoms. The van der Waals surface area contributed by atoms with Gasteiger partial charge in [-0.2, -0.15) is 0 Å². The number of carboxylic acid groups (broad SMARTS) is 1. The normalized spacial score (nSPS) is 13.3. The first-order valence-corrected chi connectivity index (χ1v) is 6.87. The molecule has 0 bridgehead atoms. The van der Waals surface area contributed by atoms with Gasteiger partial charge in [0, 0.05) is 4.75 Å². The first-order chi connectivity index (χ1) is 9.40. The highest BCUT2D eigenvalue weighted by molar-refractivity contribution is 7.99. The summed E-state index contributed by atoms with van der Waals surface area (Å²) < 4.78 is 9.94. The van der Waals surface area contributed by atoms with Crippen LogP contribution < -0.4 is 5.73 Å². The monoisotopic (exact) mass is 297 g/mol. The lowest BCUT2D eigenvalue weighted by Gasteiger charge is -2.27. The van der Waals surface area contributed by atoms with Gasteiger partial charge in [-0.15, -0.1) is 22.0 Å². The summed E-state index contributed by atoms with van der Waals surface area (Å²) in [5.74, 6) is 0.527. The molecule has 3 N–H and O–H groups in total. The smallest absolute Gasteiger partial charge is 0.321 e. The van der Waals surface area contributed by atoms with Gasteiger partial charge in [0.25, 0.3) is 5.89 Å². The van der Waals surface area contributed by atoms with Gasteiger partial charge in [-0.1, -0.05) is 0 Å². The standard InChI is InChI=1S/C12H15N3O4S/c1-12(2,9(13)11(16)17)20-6-8-14-15-10(19-8)7-4-3-5-18-7/h3-5,9H,6,13H2,1-2H3,(H,16,17)/t9-/m1/s1. The average molecular weight is 297 g/mol. The molecule has 0 aliphatic heterocycles. The number of nitrogens with zero attached hydrogens (tertiary/aromatic N) is 2.